The summed E-state index contributed by atoms with van der Waals surface area (Å²) in [6.07, 6.45) is 5.39. The molecule has 2 rings (SSSR count). The van der Waals surface area contributed by atoms with Crippen molar-refractivity contribution in [2.75, 3.05) is 0 Å². The quantitative estimate of drug-likeness (QED) is 0.825. The summed E-state index contributed by atoms with van der Waals surface area (Å²) in [5.74, 6) is 0. The third-order valence-corrected chi connectivity index (χ3v) is 2.58. The number of hydrogen-bond acceptors (Lipinski definition) is 1. The molecule has 0 aliphatic heterocycles. The van der Waals surface area contributed by atoms with Gasteiger partial charge < -0.3 is 5.11 Å². The third-order valence-electron chi connectivity index (χ3n) is 2.58. The number of aliphatic hydroxyl groups excluding tert-OH is 1. The van der Waals surface area contributed by atoms with Crippen LogP contribution in [0.4, 0.5) is 0 Å². The van der Waals surface area contributed by atoms with Crippen molar-refractivity contribution in [3.63, 3.8) is 0 Å². The fourth-order valence-corrected chi connectivity index (χ4v) is 1.82. The van der Waals surface area contributed by atoms with Crippen LogP contribution in [0.5, 0.6) is 0 Å². The molecule has 0 aromatic heterocycles. The fourth-order valence-electron chi connectivity index (χ4n) is 1.82. The topological polar surface area (TPSA) is 20.2 Å². The number of benzene rings is 1. The first-order chi connectivity index (χ1) is 6.81. The number of hydrogen-bond donors (Lipinski definition) is 1. The second kappa shape index (κ2) is 8.96. The van der Waals surface area contributed by atoms with Gasteiger partial charge in [0.2, 0.25) is 0 Å². The van der Waals surface area contributed by atoms with E-state index in [2.05, 4.69) is 25.1 Å². The molecule has 0 radical (unpaired) electrons. The molecule has 1 nitrogen and oxygen atoms in total. The Balaban J connectivity index is 0. The van der Waals surface area contributed by atoms with Gasteiger partial charge in [0.05, 0.1) is 6.61 Å². The Morgan fingerprint density at radius 1 is 1.18 bits per heavy atom. The fraction of sp³-hybridized carbons (Fsp3) is 0.231. The van der Waals surface area contributed by atoms with Crippen molar-refractivity contribution in [3.05, 3.63) is 53.1 Å². The van der Waals surface area contributed by atoms with Crippen LogP contribution in [-0.4, -0.2) is 5.11 Å². The van der Waals surface area contributed by atoms with Crippen LogP contribution in [-0.2, 0) is 28.3 Å². The van der Waals surface area contributed by atoms with Crippen molar-refractivity contribution in [1.29, 1.82) is 0 Å². The van der Waals surface area contributed by atoms with E-state index in [1.54, 1.807) is 0 Å². The van der Waals surface area contributed by atoms with Crippen LogP contribution in [0, 0.1) is 0 Å². The van der Waals surface area contributed by atoms with Crippen molar-refractivity contribution in [3.8, 4) is 0 Å². The molecule has 0 bridgehead atoms. The molecular weight excluding hydrogens is 291 g/mol. The van der Waals surface area contributed by atoms with Gasteiger partial charge in [-0.3, -0.25) is 0 Å². The summed E-state index contributed by atoms with van der Waals surface area (Å²) in [7, 11) is 0. The monoisotopic (exact) mass is 306 g/mol. The zero-order valence-electron chi connectivity index (χ0n) is 9.64. The van der Waals surface area contributed by atoms with Crippen molar-refractivity contribution in [2.45, 2.75) is 20.0 Å². The van der Waals surface area contributed by atoms with E-state index in [-0.39, 0.29) is 53.1 Å². The molecule has 0 fully saturated rings. The second-order valence-corrected chi connectivity index (χ2v) is 3.64. The van der Waals surface area contributed by atoms with Crippen LogP contribution >= 0.6 is 24.8 Å². The summed E-state index contributed by atoms with van der Waals surface area (Å²) in [6.45, 7) is 2.22. The SMILES string of the molecule is CC1=CCC(c2ccccc2CO)=C1.Cl.Cl.[Ti]. The summed E-state index contributed by atoms with van der Waals surface area (Å²) >= 11 is 0. The van der Waals surface area contributed by atoms with Gasteiger partial charge in [0, 0.05) is 21.7 Å². The summed E-state index contributed by atoms with van der Waals surface area (Å²) in [5.41, 5.74) is 4.82. The number of aliphatic hydroxyl groups is 1. The standard InChI is InChI=1S/C13H14O.2ClH.Ti/c1-10-6-7-11(8-10)13-5-3-2-4-12(13)9-14;;;/h2-6,8,14H,7,9H2,1H3;2*1H;. The minimum atomic E-state index is 0. The maximum Gasteiger partial charge on any atom is 0.0687 e. The molecule has 0 amide bonds. The molecule has 17 heavy (non-hydrogen) atoms. The molecular formula is C13H16Cl2OTi. The van der Waals surface area contributed by atoms with E-state index in [0.29, 0.717) is 0 Å². The Kier molecular flexibility index (Phi) is 10.2. The smallest absolute Gasteiger partial charge is 0.0687 e. The normalized spacial score (nSPS) is 12.6. The van der Waals surface area contributed by atoms with Gasteiger partial charge in [0.15, 0.2) is 0 Å². The van der Waals surface area contributed by atoms with Crippen molar-refractivity contribution in [2.24, 2.45) is 0 Å². The van der Waals surface area contributed by atoms with Crippen LogP contribution in [0.3, 0.4) is 0 Å². The van der Waals surface area contributed by atoms with Gasteiger partial charge in [-0.15, -0.1) is 24.8 Å². The molecule has 0 unspecified atom stereocenters. The van der Waals surface area contributed by atoms with Crippen LogP contribution in [0.25, 0.3) is 5.57 Å². The summed E-state index contributed by atoms with van der Waals surface area (Å²) in [6, 6.07) is 8.03. The average molecular weight is 307 g/mol. The molecule has 0 saturated carbocycles. The van der Waals surface area contributed by atoms with Crippen molar-refractivity contribution in [1.82, 2.24) is 0 Å². The number of allylic oxidation sites excluding steroid dienone is 4. The van der Waals surface area contributed by atoms with Gasteiger partial charge in [-0.25, -0.2) is 0 Å². The van der Waals surface area contributed by atoms with Gasteiger partial charge in [0.25, 0.3) is 0 Å². The molecule has 1 aliphatic carbocycles. The van der Waals surface area contributed by atoms with Crippen LogP contribution in [0.1, 0.15) is 24.5 Å². The Labute approximate surface area is 130 Å². The number of halogens is 2. The molecule has 1 N–H and O–H groups in total. The number of rotatable bonds is 2. The second-order valence-electron chi connectivity index (χ2n) is 3.64. The van der Waals surface area contributed by atoms with E-state index in [1.807, 2.05) is 18.2 Å². The van der Waals surface area contributed by atoms with Gasteiger partial charge in [0.1, 0.15) is 0 Å². The van der Waals surface area contributed by atoms with Crippen molar-refractivity contribution >= 4 is 30.4 Å². The molecule has 0 saturated heterocycles. The van der Waals surface area contributed by atoms with E-state index in [1.165, 1.54) is 16.7 Å². The summed E-state index contributed by atoms with van der Waals surface area (Å²) < 4.78 is 0. The van der Waals surface area contributed by atoms with Gasteiger partial charge in [-0.05, 0) is 30.0 Å². The zero-order valence-corrected chi connectivity index (χ0v) is 12.8. The predicted molar refractivity (Wildman–Crippen MR) is 73.2 cm³/mol. The van der Waals surface area contributed by atoms with Crippen LogP contribution in [0.15, 0.2) is 42.0 Å². The molecule has 0 spiro atoms. The first-order valence-corrected chi connectivity index (χ1v) is 4.87. The van der Waals surface area contributed by atoms with Gasteiger partial charge in [-0.2, -0.15) is 0 Å². The maximum atomic E-state index is 9.20. The largest absolute Gasteiger partial charge is 0.392 e. The van der Waals surface area contributed by atoms with Crippen LogP contribution in [0.2, 0.25) is 0 Å². The molecule has 1 aliphatic rings. The minimum absolute atomic E-state index is 0. The van der Waals surface area contributed by atoms with E-state index in [9.17, 15) is 5.11 Å². The van der Waals surface area contributed by atoms with E-state index >= 15 is 0 Å². The minimum Gasteiger partial charge on any atom is -0.392 e. The van der Waals surface area contributed by atoms with Crippen LogP contribution < -0.4 is 0 Å². The molecule has 4 heteroatoms. The third kappa shape index (κ3) is 4.61. The summed E-state index contributed by atoms with van der Waals surface area (Å²) in [5, 5.41) is 9.20. The Hall–Kier alpha value is -0.0457. The summed E-state index contributed by atoms with van der Waals surface area (Å²) in [4.78, 5) is 0. The van der Waals surface area contributed by atoms with E-state index in [0.717, 1.165) is 12.0 Å². The Morgan fingerprint density at radius 3 is 2.35 bits per heavy atom. The predicted octanol–water partition coefficient (Wildman–Crippen LogP) is 3.75. The maximum absolute atomic E-state index is 9.20. The van der Waals surface area contributed by atoms with Crippen molar-refractivity contribution < 1.29 is 26.8 Å². The molecule has 1 aromatic carbocycles. The first kappa shape index (κ1) is 19.3. The van der Waals surface area contributed by atoms with E-state index < -0.39 is 0 Å². The van der Waals surface area contributed by atoms with E-state index in [4.69, 9.17) is 0 Å². The molecule has 0 atom stereocenters. The molecule has 92 valence electrons. The van der Waals surface area contributed by atoms with Gasteiger partial charge in [-0.1, -0.05) is 42.0 Å². The molecule has 0 heterocycles. The molecule has 1 aromatic rings. The van der Waals surface area contributed by atoms with Gasteiger partial charge >= 0.3 is 0 Å². The Morgan fingerprint density at radius 2 is 1.82 bits per heavy atom. The average Bonchev–Trinajstić information content (AvgIpc) is 2.65. The first-order valence-electron chi connectivity index (χ1n) is 4.87. The Bertz CT molecular complexity index is 414. The zero-order chi connectivity index (χ0) is 9.97.